The molecule has 0 radical (unpaired) electrons. The first-order valence-electron chi connectivity index (χ1n) is 3.09. The number of terminal acetylenes is 3. The van der Waals surface area contributed by atoms with Crippen LogP contribution in [0.2, 0.25) is 0 Å². The van der Waals surface area contributed by atoms with Crippen molar-refractivity contribution in [3.63, 3.8) is 0 Å². The SMILES string of the molecule is C#C[Si](C#C)(C#C)OS(=O)(=O)C(F)(F)F. The molecule has 0 atom stereocenters. The fraction of sp³-hybridized carbons (Fsp3) is 0.143. The van der Waals surface area contributed by atoms with Gasteiger partial charge in [0.15, 0.2) is 0 Å². The number of hydrogen-bond acceptors (Lipinski definition) is 3. The zero-order chi connectivity index (χ0) is 12.3. The van der Waals surface area contributed by atoms with E-state index >= 15 is 0 Å². The predicted octanol–water partition coefficient (Wildman–Crippen LogP) is 0.315. The maximum atomic E-state index is 11.9. The molecule has 0 unspecified atom stereocenters. The zero-order valence-electron chi connectivity index (χ0n) is 7.00. The van der Waals surface area contributed by atoms with Gasteiger partial charge in [-0.1, -0.05) is 16.6 Å². The van der Waals surface area contributed by atoms with E-state index in [1.54, 1.807) is 16.6 Å². The van der Waals surface area contributed by atoms with Crippen molar-refractivity contribution in [2.75, 3.05) is 0 Å². The molecule has 15 heavy (non-hydrogen) atoms. The van der Waals surface area contributed by atoms with Gasteiger partial charge in [-0.15, -0.1) is 19.3 Å². The quantitative estimate of drug-likeness (QED) is 0.404. The van der Waals surface area contributed by atoms with Gasteiger partial charge in [-0.25, -0.2) is 0 Å². The van der Waals surface area contributed by atoms with E-state index in [1.165, 1.54) is 0 Å². The summed E-state index contributed by atoms with van der Waals surface area (Å²) in [6.45, 7) is 0. The molecule has 3 nitrogen and oxygen atoms in total. The first-order valence-corrected chi connectivity index (χ1v) is 6.41. The van der Waals surface area contributed by atoms with E-state index in [1.807, 2.05) is 0 Å². The minimum atomic E-state index is -5.86. The van der Waals surface area contributed by atoms with Gasteiger partial charge in [-0.05, 0) is 0 Å². The molecule has 0 saturated carbocycles. The molecule has 0 heterocycles. The summed E-state index contributed by atoms with van der Waals surface area (Å²) in [4.78, 5) is 0. The Labute approximate surface area is 85.9 Å². The lowest BCUT2D eigenvalue weighted by Gasteiger charge is -2.14. The van der Waals surface area contributed by atoms with E-state index in [2.05, 4.69) is 3.87 Å². The van der Waals surface area contributed by atoms with E-state index < -0.39 is 23.9 Å². The molecule has 0 aliphatic heterocycles. The van der Waals surface area contributed by atoms with Gasteiger partial charge in [-0.2, -0.15) is 21.6 Å². The molecular weight excluding hydrogens is 249 g/mol. The second-order valence-electron chi connectivity index (χ2n) is 2.10. The molecule has 0 spiro atoms. The standard InChI is InChI=1S/C7H3F3O3SSi/c1-4-15(5-2,6-3)13-14(11,12)7(8,9)10/h1-3H. The molecule has 80 valence electrons. The van der Waals surface area contributed by atoms with Crippen molar-refractivity contribution >= 4 is 18.4 Å². The van der Waals surface area contributed by atoms with Crippen LogP contribution in [0, 0.1) is 35.9 Å². The second kappa shape index (κ2) is 3.99. The Hall–Kier alpha value is -1.40. The maximum absolute atomic E-state index is 11.9. The molecule has 0 amide bonds. The van der Waals surface area contributed by atoms with E-state index in [0.29, 0.717) is 0 Å². The van der Waals surface area contributed by atoms with Crippen molar-refractivity contribution in [3.8, 4) is 35.9 Å². The minimum absolute atomic E-state index is 1.61. The summed E-state index contributed by atoms with van der Waals surface area (Å²) in [5, 5.41) is 0. The van der Waals surface area contributed by atoms with Gasteiger partial charge in [0.1, 0.15) is 0 Å². The smallest absolute Gasteiger partial charge is 0.267 e. The van der Waals surface area contributed by atoms with E-state index in [-0.39, 0.29) is 0 Å². The molecule has 8 heteroatoms. The van der Waals surface area contributed by atoms with Crippen LogP contribution in [-0.2, 0) is 14.0 Å². The number of hydrogen-bond donors (Lipinski definition) is 0. The first kappa shape index (κ1) is 13.6. The number of rotatable bonds is 2. The van der Waals surface area contributed by atoms with E-state index in [4.69, 9.17) is 19.3 Å². The summed E-state index contributed by atoms with van der Waals surface area (Å²) in [5.74, 6) is 0. The lowest BCUT2D eigenvalue weighted by molar-refractivity contribution is -0.0501. The summed E-state index contributed by atoms with van der Waals surface area (Å²) >= 11 is 0. The molecule has 0 aliphatic carbocycles. The maximum Gasteiger partial charge on any atom is 0.522 e. The minimum Gasteiger partial charge on any atom is -0.267 e. The van der Waals surface area contributed by atoms with Gasteiger partial charge < -0.3 is 0 Å². The Balaban J connectivity index is 5.36. The first-order chi connectivity index (χ1) is 6.64. The monoisotopic (exact) mass is 252 g/mol. The third-order valence-corrected chi connectivity index (χ3v) is 4.79. The summed E-state index contributed by atoms with van der Waals surface area (Å²) in [6.07, 6.45) is 14.2. The molecule has 0 rings (SSSR count). The highest BCUT2D eigenvalue weighted by Crippen LogP contribution is 2.26. The Morgan fingerprint density at radius 1 is 1.07 bits per heavy atom. The normalized spacial score (nSPS) is 12.3. The van der Waals surface area contributed by atoms with Gasteiger partial charge in [-0.3, -0.25) is 3.87 Å². The number of alkyl halides is 3. The van der Waals surface area contributed by atoms with Crippen LogP contribution in [0.25, 0.3) is 0 Å². The third-order valence-electron chi connectivity index (χ3n) is 1.13. The predicted molar refractivity (Wildman–Crippen MR) is 48.3 cm³/mol. The lowest BCUT2D eigenvalue weighted by Crippen LogP contribution is -2.41. The van der Waals surface area contributed by atoms with E-state index in [9.17, 15) is 21.6 Å². The third kappa shape index (κ3) is 2.77. The van der Waals surface area contributed by atoms with Crippen LogP contribution in [0.5, 0.6) is 0 Å². The Morgan fingerprint density at radius 3 is 1.60 bits per heavy atom. The zero-order valence-corrected chi connectivity index (χ0v) is 8.82. The van der Waals surface area contributed by atoms with Crippen molar-refractivity contribution in [1.82, 2.24) is 0 Å². The molecule has 0 saturated heterocycles. The van der Waals surface area contributed by atoms with Crippen molar-refractivity contribution in [1.29, 1.82) is 0 Å². The Morgan fingerprint density at radius 2 is 1.40 bits per heavy atom. The summed E-state index contributed by atoms with van der Waals surface area (Å²) in [7, 11) is -10.0. The summed E-state index contributed by atoms with van der Waals surface area (Å²) in [5.41, 5.74) is -0.776. The van der Waals surface area contributed by atoms with Gasteiger partial charge in [0.25, 0.3) is 0 Å². The van der Waals surface area contributed by atoms with Crippen LogP contribution >= 0.6 is 0 Å². The average Bonchev–Trinajstić information content (AvgIpc) is 2.12. The second-order valence-corrected chi connectivity index (χ2v) is 6.36. The van der Waals surface area contributed by atoms with E-state index in [0.717, 1.165) is 0 Å². The molecule has 0 bridgehead atoms. The van der Waals surface area contributed by atoms with Crippen molar-refractivity contribution in [2.24, 2.45) is 0 Å². The topological polar surface area (TPSA) is 43.4 Å². The molecule has 0 aliphatic rings. The van der Waals surface area contributed by atoms with Gasteiger partial charge in [0.2, 0.25) is 0 Å². The number of halogens is 3. The molecule has 0 aromatic rings. The fourth-order valence-electron chi connectivity index (χ4n) is 0.409. The van der Waals surface area contributed by atoms with Crippen LogP contribution in [0.4, 0.5) is 13.2 Å². The van der Waals surface area contributed by atoms with Crippen LogP contribution in [0.3, 0.4) is 0 Å². The van der Waals surface area contributed by atoms with Crippen LogP contribution < -0.4 is 0 Å². The van der Waals surface area contributed by atoms with Gasteiger partial charge in [0, 0.05) is 0 Å². The highest BCUT2D eigenvalue weighted by molar-refractivity contribution is 7.88. The van der Waals surface area contributed by atoms with Crippen LogP contribution in [-0.4, -0.2) is 22.2 Å². The van der Waals surface area contributed by atoms with Gasteiger partial charge in [0.05, 0.1) is 0 Å². The largest absolute Gasteiger partial charge is 0.522 e. The highest BCUT2D eigenvalue weighted by atomic mass is 32.2. The van der Waals surface area contributed by atoms with Gasteiger partial charge >= 0.3 is 23.9 Å². The summed E-state index contributed by atoms with van der Waals surface area (Å²) in [6, 6.07) is 0. The van der Waals surface area contributed by atoms with Crippen LogP contribution in [0.1, 0.15) is 0 Å². The van der Waals surface area contributed by atoms with Crippen LogP contribution in [0.15, 0.2) is 0 Å². The molecule has 0 N–H and O–H groups in total. The molecule has 0 fully saturated rings. The Kier molecular flexibility index (Phi) is 3.62. The fourth-order valence-corrected chi connectivity index (χ4v) is 2.93. The van der Waals surface area contributed by atoms with Crippen molar-refractivity contribution in [2.45, 2.75) is 5.51 Å². The summed E-state index contributed by atoms with van der Waals surface area (Å²) < 4.78 is 60.4. The Bertz CT molecular complexity index is 436. The molecule has 0 aromatic heterocycles. The van der Waals surface area contributed by atoms with Crippen molar-refractivity contribution < 1.29 is 25.5 Å². The van der Waals surface area contributed by atoms with Crippen molar-refractivity contribution in [3.05, 3.63) is 0 Å². The molecular formula is C7H3F3O3SSi. The highest BCUT2D eigenvalue weighted by Gasteiger charge is 2.52. The average molecular weight is 252 g/mol. The molecule has 0 aromatic carbocycles. The lowest BCUT2D eigenvalue weighted by atomic mass is 11.3.